The summed E-state index contributed by atoms with van der Waals surface area (Å²) < 4.78 is 18.0. The minimum Gasteiger partial charge on any atom is -0.426 e. The minimum atomic E-state index is -1.14. The van der Waals surface area contributed by atoms with E-state index < -0.39 is 12.8 Å². The zero-order valence-corrected chi connectivity index (χ0v) is 9.62. The van der Waals surface area contributed by atoms with E-state index in [0.717, 1.165) is 5.56 Å². The molecule has 0 N–H and O–H groups in total. The molecule has 18 heavy (non-hydrogen) atoms. The molecule has 0 bridgehead atoms. The molecule has 1 aromatic carbocycles. The third-order valence-electron chi connectivity index (χ3n) is 2.43. The van der Waals surface area contributed by atoms with Crippen LogP contribution < -0.4 is 4.57 Å². The normalized spacial score (nSPS) is 10.1. The Kier molecular flexibility index (Phi) is 3.96. The summed E-state index contributed by atoms with van der Waals surface area (Å²) in [6, 6.07) is 9.63. The molecule has 1 aromatic heterocycles. The number of aromatic nitrogens is 2. The molecule has 2 rings (SSSR count). The molecule has 0 radical (unpaired) electrons. The van der Waals surface area contributed by atoms with Crippen LogP contribution in [-0.2, 0) is 11.3 Å². The highest BCUT2D eigenvalue weighted by Gasteiger charge is 2.20. The molecule has 0 aliphatic rings. The number of carbonyl (C=O) groups is 1. The topological polar surface area (TPSA) is 43.1 Å². The molecule has 0 saturated carbocycles. The van der Waals surface area contributed by atoms with Gasteiger partial charge in [0.1, 0.15) is 6.20 Å². The summed E-state index contributed by atoms with van der Waals surface area (Å²) in [6.45, 7) is -0.640. The molecular weight excluding hydrogens is 235 g/mol. The van der Waals surface area contributed by atoms with E-state index in [0.29, 0.717) is 6.54 Å². The largest absolute Gasteiger partial charge is 0.426 e. The highest BCUT2D eigenvalue weighted by molar-refractivity contribution is 5.85. The molecule has 0 fully saturated rings. The standard InChI is InChI=1S/C13H12FN2O2/c14-10-18-13(17)12-8-15-6-7-16(12)9-11-4-2-1-3-5-11/h1-8H,9-10H2/q+1. The quantitative estimate of drug-likeness (QED) is 0.607. The maximum absolute atomic E-state index is 12.0. The van der Waals surface area contributed by atoms with Crippen molar-refractivity contribution in [2.24, 2.45) is 0 Å². The van der Waals surface area contributed by atoms with Gasteiger partial charge in [-0.1, -0.05) is 30.3 Å². The van der Waals surface area contributed by atoms with Crippen molar-refractivity contribution in [1.29, 1.82) is 0 Å². The summed E-state index contributed by atoms with van der Waals surface area (Å²) in [7, 11) is 0. The lowest BCUT2D eigenvalue weighted by atomic mass is 10.2. The fourth-order valence-corrected chi connectivity index (χ4v) is 1.60. The Balaban J connectivity index is 2.25. The Labute approximate surface area is 104 Å². The van der Waals surface area contributed by atoms with Gasteiger partial charge in [-0.3, -0.25) is 4.98 Å². The van der Waals surface area contributed by atoms with Crippen LogP contribution in [0.2, 0.25) is 0 Å². The lowest BCUT2D eigenvalue weighted by molar-refractivity contribution is -0.691. The van der Waals surface area contributed by atoms with Crippen LogP contribution in [0.5, 0.6) is 0 Å². The number of esters is 1. The summed E-state index contributed by atoms with van der Waals surface area (Å²) in [5.41, 5.74) is 1.25. The number of alkyl halides is 1. The average Bonchev–Trinajstić information content (AvgIpc) is 2.41. The number of ether oxygens (including phenoxy) is 1. The number of hydrogen-bond donors (Lipinski definition) is 0. The number of benzene rings is 1. The maximum Gasteiger partial charge on any atom is 0.407 e. The van der Waals surface area contributed by atoms with Crippen molar-refractivity contribution in [3.63, 3.8) is 0 Å². The first-order valence-corrected chi connectivity index (χ1v) is 5.41. The SMILES string of the molecule is O=C(OCF)c1cncc[n+]1Cc1ccccc1. The van der Waals surface area contributed by atoms with Gasteiger partial charge in [0.15, 0.2) is 12.7 Å². The van der Waals surface area contributed by atoms with Gasteiger partial charge in [0, 0.05) is 5.56 Å². The Hall–Kier alpha value is -2.30. The molecule has 0 amide bonds. The average molecular weight is 247 g/mol. The van der Waals surface area contributed by atoms with Gasteiger partial charge in [-0.2, -0.15) is 4.57 Å². The van der Waals surface area contributed by atoms with E-state index in [1.807, 2.05) is 30.3 Å². The van der Waals surface area contributed by atoms with Gasteiger partial charge < -0.3 is 4.74 Å². The summed E-state index contributed by atoms with van der Waals surface area (Å²) in [5, 5.41) is 0. The fourth-order valence-electron chi connectivity index (χ4n) is 1.60. The summed E-state index contributed by atoms with van der Waals surface area (Å²) in [6.07, 6.45) is 4.58. The molecule has 5 heteroatoms. The lowest BCUT2D eigenvalue weighted by Gasteiger charge is -2.02. The van der Waals surface area contributed by atoms with Crippen molar-refractivity contribution in [1.82, 2.24) is 4.98 Å². The first-order valence-electron chi connectivity index (χ1n) is 5.41. The first-order chi connectivity index (χ1) is 8.81. The van der Waals surface area contributed by atoms with Crippen molar-refractivity contribution in [3.05, 3.63) is 60.2 Å². The van der Waals surface area contributed by atoms with Crippen LogP contribution in [0, 0.1) is 0 Å². The van der Waals surface area contributed by atoms with Crippen molar-refractivity contribution in [2.45, 2.75) is 6.54 Å². The van der Waals surface area contributed by atoms with E-state index >= 15 is 0 Å². The van der Waals surface area contributed by atoms with E-state index in [-0.39, 0.29) is 5.69 Å². The molecule has 0 aliphatic heterocycles. The molecule has 0 atom stereocenters. The van der Waals surface area contributed by atoms with Crippen molar-refractivity contribution in [2.75, 3.05) is 6.86 Å². The van der Waals surface area contributed by atoms with E-state index in [2.05, 4.69) is 9.72 Å². The van der Waals surface area contributed by atoms with Crippen molar-refractivity contribution < 1.29 is 18.5 Å². The van der Waals surface area contributed by atoms with Crippen LogP contribution >= 0.6 is 0 Å². The van der Waals surface area contributed by atoms with E-state index in [1.165, 1.54) is 6.20 Å². The van der Waals surface area contributed by atoms with Gasteiger partial charge >= 0.3 is 11.7 Å². The summed E-state index contributed by atoms with van der Waals surface area (Å²) >= 11 is 0. The van der Waals surface area contributed by atoms with Crippen molar-refractivity contribution in [3.8, 4) is 0 Å². The van der Waals surface area contributed by atoms with E-state index in [1.54, 1.807) is 17.0 Å². The Morgan fingerprint density at radius 2 is 2.11 bits per heavy atom. The predicted octanol–water partition coefficient (Wildman–Crippen LogP) is 1.50. The number of halogens is 1. The second-order valence-corrected chi connectivity index (χ2v) is 3.62. The van der Waals surface area contributed by atoms with Crippen LogP contribution in [0.25, 0.3) is 0 Å². The monoisotopic (exact) mass is 247 g/mol. The van der Waals surface area contributed by atoms with Crippen LogP contribution in [-0.4, -0.2) is 17.8 Å². The highest BCUT2D eigenvalue weighted by atomic mass is 19.1. The molecule has 92 valence electrons. The first kappa shape index (κ1) is 12.2. The van der Waals surface area contributed by atoms with Gasteiger partial charge in [0.2, 0.25) is 6.86 Å². The second-order valence-electron chi connectivity index (χ2n) is 3.62. The third-order valence-corrected chi connectivity index (χ3v) is 2.43. The number of hydrogen-bond acceptors (Lipinski definition) is 3. The maximum atomic E-state index is 12.0. The van der Waals surface area contributed by atoms with Crippen molar-refractivity contribution >= 4 is 5.97 Å². The van der Waals surface area contributed by atoms with Gasteiger partial charge in [-0.15, -0.1) is 0 Å². The van der Waals surface area contributed by atoms with Crippen LogP contribution in [0.1, 0.15) is 16.1 Å². The third kappa shape index (κ3) is 2.88. The molecule has 1 heterocycles. The Morgan fingerprint density at radius 1 is 1.33 bits per heavy atom. The molecule has 0 unspecified atom stereocenters. The predicted molar refractivity (Wildman–Crippen MR) is 61.4 cm³/mol. The second kappa shape index (κ2) is 5.86. The number of rotatable bonds is 4. The summed E-state index contributed by atoms with van der Waals surface area (Å²) in [5.74, 6) is -0.721. The Morgan fingerprint density at radius 3 is 2.83 bits per heavy atom. The molecule has 0 aliphatic carbocycles. The highest BCUT2D eigenvalue weighted by Crippen LogP contribution is 2.00. The zero-order chi connectivity index (χ0) is 12.8. The molecular formula is C13H12FN2O2+. The van der Waals surface area contributed by atoms with E-state index in [9.17, 15) is 9.18 Å². The van der Waals surface area contributed by atoms with Gasteiger partial charge in [-0.05, 0) is 0 Å². The number of nitrogens with zero attached hydrogens (tertiary/aromatic N) is 2. The lowest BCUT2D eigenvalue weighted by Crippen LogP contribution is -2.41. The molecule has 4 nitrogen and oxygen atoms in total. The van der Waals surface area contributed by atoms with Crippen LogP contribution in [0.15, 0.2) is 48.9 Å². The van der Waals surface area contributed by atoms with Gasteiger partial charge in [-0.25, -0.2) is 9.18 Å². The fraction of sp³-hybridized carbons (Fsp3) is 0.154. The Bertz CT molecular complexity index is 532. The van der Waals surface area contributed by atoms with E-state index in [4.69, 9.17) is 0 Å². The smallest absolute Gasteiger partial charge is 0.407 e. The molecule has 0 spiro atoms. The summed E-state index contributed by atoms with van der Waals surface area (Å²) in [4.78, 5) is 15.4. The van der Waals surface area contributed by atoms with Gasteiger partial charge in [0.25, 0.3) is 0 Å². The van der Waals surface area contributed by atoms with Gasteiger partial charge in [0.05, 0.1) is 6.20 Å². The number of carbonyl (C=O) groups excluding carboxylic acids is 1. The van der Waals surface area contributed by atoms with Crippen LogP contribution in [0.3, 0.4) is 0 Å². The van der Waals surface area contributed by atoms with Crippen LogP contribution in [0.4, 0.5) is 4.39 Å². The molecule has 0 saturated heterocycles. The molecule has 2 aromatic rings. The zero-order valence-electron chi connectivity index (χ0n) is 9.62. The minimum absolute atomic E-state index is 0.221.